The molecule has 1 aromatic rings. The Morgan fingerprint density at radius 3 is 3.12 bits per heavy atom. The highest BCUT2D eigenvalue weighted by Gasteiger charge is 2.42. The second kappa shape index (κ2) is 7.30. The summed E-state index contributed by atoms with van der Waals surface area (Å²) in [5.41, 5.74) is 1.06. The zero-order valence-electron chi connectivity index (χ0n) is 14.8. The van der Waals surface area contributed by atoms with Gasteiger partial charge in [-0.15, -0.1) is 0 Å². The molecule has 1 N–H and O–H groups in total. The van der Waals surface area contributed by atoms with Crippen molar-refractivity contribution in [2.75, 3.05) is 26.8 Å². The number of nitrogens with zero attached hydrogens (tertiary/aromatic N) is 2. The number of aromatic nitrogens is 1. The van der Waals surface area contributed by atoms with E-state index in [4.69, 9.17) is 9.47 Å². The van der Waals surface area contributed by atoms with Crippen molar-refractivity contribution >= 4 is 5.91 Å². The van der Waals surface area contributed by atoms with Gasteiger partial charge < -0.3 is 14.8 Å². The summed E-state index contributed by atoms with van der Waals surface area (Å²) >= 11 is 0. The van der Waals surface area contributed by atoms with Crippen LogP contribution in [0.3, 0.4) is 0 Å². The molecule has 0 bridgehead atoms. The van der Waals surface area contributed by atoms with Crippen LogP contribution in [0.1, 0.15) is 31.2 Å². The monoisotopic (exact) mass is 345 g/mol. The molecule has 1 amide bonds. The van der Waals surface area contributed by atoms with Crippen LogP contribution in [0.5, 0.6) is 5.88 Å². The van der Waals surface area contributed by atoms with Crippen LogP contribution >= 0.6 is 0 Å². The Kier molecular flexibility index (Phi) is 4.90. The summed E-state index contributed by atoms with van der Waals surface area (Å²) in [6.45, 7) is 3.14. The number of methoxy groups -OCH3 is 1. The molecule has 2 saturated heterocycles. The molecule has 6 nitrogen and oxygen atoms in total. The quantitative estimate of drug-likeness (QED) is 0.848. The predicted molar refractivity (Wildman–Crippen MR) is 93.2 cm³/mol. The third-order valence-electron chi connectivity index (χ3n) is 5.66. The fourth-order valence-electron chi connectivity index (χ4n) is 4.08. The Bertz CT molecular complexity index is 620. The minimum absolute atomic E-state index is 0.000710. The van der Waals surface area contributed by atoms with E-state index in [9.17, 15) is 4.79 Å². The third-order valence-corrected chi connectivity index (χ3v) is 5.66. The van der Waals surface area contributed by atoms with E-state index in [-0.39, 0.29) is 17.9 Å². The SMILES string of the molecule is COc1ncccc1CN1C[C@H](C(=O)NCC2CC2)C[C@@H]2OCC[C@@H]21. The Hall–Kier alpha value is -1.66. The number of rotatable bonds is 6. The normalized spacial score (nSPS) is 29.2. The van der Waals surface area contributed by atoms with Gasteiger partial charge in [-0.2, -0.15) is 0 Å². The molecule has 1 aliphatic carbocycles. The van der Waals surface area contributed by atoms with Crippen LogP contribution in [0.15, 0.2) is 18.3 Å². The van der Waals surface area contributed by atoms with Crippen LogP contribution in [0, 0.1) is 11.8 Å². The number of likely N-dealkylation sites (tertiary alicyclic amines) is 1. The van der Waals surface area contributed by atoms with Gasteiger partial charge in [0.05, 0.1) is 19.1 Å². The minimum atomic E-state index is 0.000710. The summed E-state index contributed by atoms with van der Waals surface area (Å²) in [6, 6.07) is 4.37. The van der Waals surface area contributed by atoms with Gasteiger partial charge in [-0.3, -0.25) is 9.69 Å². The molecule has 3 atom stereocenters. The van der Waals surface area contributed by atoms with Crippen molar-refractivity contribution in [3.05, 3.63) is 23.9 Å². The highest BCUT2D eigenvalue weighted by molar-refractivity contribution is 5.79. The first-order chi connectivity index (χ1) is 12.2. The lowest BCUT2D eigenvalue weighted by molar-refractivity contribution is -0.129. The topological polar surface area (TPSA) is 63.7 Å². The molecule has 0 spiro atoms. The van der Waals surface area contributed by atoms with E-state index >= 15 is 0 Å². The lowest BCUT2D eigenvalue weighted by atomic mass is 9.89. The zero-order valence-corrected chi connectivity index (χ0v) is 14.8. The van der Waals surface area contributed by atoms with Crippen molar-refractivity contribution in [2.45, 2.75) is 44.4 Å². The first kappa shape index (κ1) is 16.8. The largest absolute Gasteiger partial charge is 0.481 e. The summed E-state index contributed by atoms with van der Waals surface area (Å²) < 4.78 is 11.3. The zero-order chi connectivity index (χ0) is 17.2. The van der Waals surface area contributed by atoms with Gasteiger partial charge in [0.25, 0.3) is 0 Å². The number of carbonyl (C=O) groups excluding carboxylic acids is 1. The molecule has 1 aromatic heterocycles. The van der Waals surface area contributed by atoms with E-state index < -0.39 is 0 Å². The maximum atomic E-state index is 12.6. The molecule has 136 valence electrons. The number of ether oxygens (including phenoxy) is 2. The van der Waals surface area contributed by atoms with Crippen LogP contribution in [-0.2, 0) is 16.1 Å². The second-order valence-electron chi connectivity index (χ2n) is 7.49. The van der Waals surface area contributed by atoms with Crippen molar-refractivity contribution in [1.29, 1.82) is 0 Å². The Morgan fingerprint density at radius 2 is 2.32 bits per heavy atom. The van der Waals surface area contributed by atoms with Crippen LogP contribution in [-0.4, -0.2) is 54.7 Å². The third kappa shape index (κ3) is 3.80. The summed E-state index contributed by atoms with van der Waals surface area (Å²) in [5, 5.41) is 3.14. The standard InChI is InChI=1S/C19H27N3O3/c1-24-19-14(3-2-7-20-19)11-22-12-15(9-17-16(22)6-8-25-17)18(23)21-10-13-4-5-13/h2-3,7,13,15-17H,4-6,8-12H2,1H3,(H,21,23)/t15-,16+,17+/m1/s1. The number of piperidine rings is 1. The molecule has 3 fully saturated rings. The Balaban J connectivity index is 1.45. The van der Waals surface area contributed by atoms with Gasteiger partial charge in [-0.25, -0.2) is 4.98 Å². The van der Waals surface area contributed by atoms with Crippen molar-refractivity contribution in [3.63, 3.8) is 0 Å². The highest BCUT2D eigenvalue weighted by Crippen LogP contribution is 2.34. The van der Waals surface area contributed by atoms with Gasteiger partial charge in [0, 0.05) is 44.0 Å². The number of fused-ring (bicyclic) bond motifs is 1. The number of hydrogen-bond acceptors (Lipinski definition) is 5. The maximum absolute atomic E-state index is 12.6. The number of nitrogens with one attached hydrogen (secondary N) is 1. The number of carbonyl (C=O) groups is 1. The predicted octanol–water partition coefficient (Wildman–Crippen LogP) is 1.60. The molecule has 3 aliphatic rings. The Labute approximate surface area is 148 Å². The van der Waals surface area contributed by atoms with Gasteiger partial charge in [-0.05, 0) is 37.7 Å². The first-order valence-electron chi connectivity index (χ1n) is 9.36. The number of hydrogen-bond donors (Lipinski definition) is 1. The van der Waals surface area contributed by atoms with Crippen molar-refractivity contribution in [3.8, 4) is 5.88 Å². The second-order valence-corrected chi connectivity index (χ2v) is 7.49. The maximum Gasteiger partial charge on any atom is 0.224 e. The highest BCUT2D eigenvalue weighted by atomic mass is 16.5. The molecule has 4 rings (SSSR count). The minimum Gasteiger partial charge on any atom is -0.481 e. The lowest BCUT2D eigenvalue weighted by Gasteiger charge is -2.40. The molecule has 25 heavy (non-hydrogen) atoms. The van der Waals surface area contributed by atoms with Gasteiger partial charge in [-0.1, -0.05) is 6.07 Å². The molecule has 1 saturated carbocycles. The molecule has 6 heteroatoms. The molecular weight excluding hydrogens is 318 g/mol. The van der Waals surface area contributed by atoms with E-state index in [1.807, 2.05) is 12.1 Å². The first-order valence-corrected chi connectivity index (χ1v) is 9.36. The molecule has 0 radical (unpaired) electrons. The average Bonchev–Trinajstić information content (AvgIpc) is 3.34. The summed E-state index contributed by atoms with van der Waals surface area (Å²) in [4.78, 5) is 19.3. The van der Waals surface area contributed by atoms with E-state index in [1.54, 1.807) is 13.3 Å². The van der Waals surface area contributed by atoms with E-state index in [0.717, 1.165) is 44.6 Å². The summed E-state index contributed by atoms with van der Waals surface area (Å²) in [6.07, 6.45) is 6.28. The number of pyridine rings is 1. The van der Waals surface area contributed by atoms with Crippen LogP contribution in [0.25, 0.3) is 0 Å². The van der Waals surface area contributed by atoms with Crippen molar-refractivity contribution in [2.24, 2.45) is 11.8 Å². The number of amides is 1. The van der Waals surface area contributed by atoms with Gasteiger partial charge in [0.2, 0.25) is 11.8 Å². The molecule has 0 aromatic carbocycles. The van der Waals surface area contributed by atoms with Gasteiger partial charge >= 0.3 is 0 Å². The van der Waals surface area contributed by atoms with E-state index in [0.29, 0.717) is 17.8 Å². The lowest BCUT2D eigenvalue weighted by Crippen LogP contribution is -2.52. The fraction of sp³-hybridized carbons (Fsp3) is 0.684. The van der Waals surface area contributed by atoms with Gasteiger partial charge in [0.15, 0.2) is 0 Å². The van der Waals surface area contributed by atoms with Crippen LogP contribution < -0.4 is 10.1 Å². The van der Waals surface area contributed by atoms with E-state index in [2.05, 4.69) is 15.2 Å². The molecule has 3 heterocycles. The van der Waals surface area contributed by atoms with Crippen molar-refractivity contribution in [1.82, 2.24) is 15.2 Å². The van der Waals surface area contributed by atoms with Gasteiger partial charge in [0.1, 0.15) is 0 Å². The van der Waals surface area contributed by atoms with Crippen molar-refractivity contribution < 1.29 is 14.3 Å². The van der Waals surface area contributed by atoms with E-state index in [1.165, 1.54) is 12.8 Å². The Morgan fingerprint density at radius 1 is 1.44 bits per heavy atom. The average molecular weight is 345 g/mol. The van der Waals surface area contributed by atoms with Crippen LogP contribution in [0.4, 0.5) is 0 Å². The molecular formula is C19H27N3O3. The fourth-order valence-corrected chi connectivity index (χ4v) is 4.08. The molecule has 2 aliphatic heterocycles. The smallest absolute Gasteiger partial charge is 0.224 e. The molecule has 0 unspecified atom stereocenters. The van der Waals surface area contributed by atoms with Crippen LogP contribution in [0.2, 0.25) is 0 Å². The summed E-state index contributed by atoms with van der Waals surface area (Å²) in [5.74, 6) is 1.56. The summed E-state index contributed by atoms with van der Waals surface area (Å²) in [7, 11) is 1.65.